The molecule has 6 heteroatoms. The van der Waals surface area contributed by atoms with Gasteiger partial charge in [-0.1, -0.05) is 0 Å². The molecule has 1 spiro atoms. The Morgan fingerprint density at radius 2 is 1.95 bits per heavy atom. The summed E-state index contributed by atoms with van der Waals surface area (Å²) in [7, 11) is 0. The number of carbonyl (C=O) groups excluding carboxylic acids is 2. The largest absolute Gasteiger partial charge is 0.443 e. The lowest BCUT2D eigenvalue weighted by Gasteiger charge is -2.42. The lowest BCUT2D eigenvalue weighted by molar-refractivity contribution is 0.0541. The van der Waals surface area contributed by atoms with Crippen LogP contribution in [0.3, 0.4) is 0 Å². The summed E-state index contributed by atoms with van der Waals surface area (Å²) in [6, 6.07) is 0.382. The van der Waals surface area contributed by atoms with E-state index in [0.717, 1.165) is 32.4 Å². The molecule has 0 radical (unpaired) electrons. The molecule has 2 unspecified atom stereocenters. The summed E-state index contributed by atoms with van der Waals surface area (Å²) in [5, 5.41) is 5.69. The van der Waals surface area contributed by atoms with Gasteiger partial charge in [0.25, 0.3) is 0 Å². The molecular formula is C14H23N3O3. The Labute approximate surface area is 119 Å². The predicted molar refractivity (Wildman–Crippen MR) is 73.3 cm³/mol. The Balaban J connectivity index is 1.52. The second kappa shape index (κ2) is 4.35. The molecule has 1 aliphatic carbocycles. The number of ether oxygens (including phenoxy) is 1. The van der Waals surface area contributed by atoms with Gasteiger partial charge in [0, 0.05) is 0 Å². The van der Waals surface area contributed by atoms with Crippen LogP contribution in [0, 0.1) is 5.41 Å². The minimum Gasteiger partial charge on any atom is -0.443 e. The van der Waals surface area contributed by atoms with Crippen molar-refractivity contribution in [3.63, 3.8) is 0 Å². The van der Waals surface area contributed by atoms with Crippen molar-refractivity contribution in [3.05, 3.63) is 0 Å². The first-order valence-corrected chi connectivity index (χ1v) is 7.35. The summed E-state index contributed by atoms with van der Waals surface area (Å²) in [5.41, 5.74) is -0.278. The Morgan fingerprint density at radius 3 is 2.55 bits per heavy atom. The third kappa shape index (κ3) is 2.26. The highest BCUT2D eigenvalue weighted by Gasteiger charge is 2.71. The number of amides is 3. The maximum Gasteiger partial charge on any atom is 0.415 e. The van der Waals surface area contributed by atoms with E-state index in [1.807, 2.05) is 4.90 Å². The van der Waals surface area contributed by atoms with Gasteiger partial charge < -0.3 is 15.0 Å². The molecule has 0 aromatic heterocycles. The molecule has 3 aliphatic rings. The van der Waals surface area contributed by atoms with Crippen molar-refractivity contribution in [1.82, 2.24) is 15.5 Å². The zero-order chi connectivity index (χ0) is 14.5. The Kier molecular flexibility index (Phi) is 2.97. The molecule has 3 rings (SSSR count). The SMILES string of the molecule is CC(C)(C)OC(=O)NC(=O)N1C2CC3(CCNCC3)C21. The lowest BCUT2D eigenvalue weighted by atomic mass is 9.63. The number of urea groups is 1. The van der Waals surface area contributed by atoms with E-state index < -0.39 is 11.7 Å². The summed E-state index contributed by atoms with van der Waals surface area (Å²) in [5.74, 6) is 0. The minimum atomic E-state index is -0.659. The number of imide groups is 1. The predicted octanol–water partition coefficient (Wildman–Crippen LogP) is 1.46. The quantitative estimate of drug-likeness (QED) is 0.659. The van der Waals surface area contributed by atoms with E-state index in [0.29, 0.717) is 17.5 Å². The maximum atomic E-state index is 12.1. The van der Waals surface area contributed by atoms with Gasteiger partial charge >= 0.3 is 12.1 Å². The smallest absolute Gasteiger partial charge is 0.415 e. The van der Waals surface area contributed by atoms with Gasteiger partial charge in [-0.2, -0.15) is 0 Å². The number of likely N-dealkylation sites (tertiary alicyclic amines) is 1. The number of hydrogen-bond donors (Lipinski definition) is 2. The fraction of sp³-hybridized carbons (Fsp3) is 0.857. The third-order valence-electron chi connectivity index (χ3n) is 4.62. The van der Waals surface area contributed by atoms with Crippen LogP contribution in [0.25, 0.3) is 0 Å². The van der Waals surface area contributed by atoms with E-state index >= 15 is 0 Å². The molecule has 3 amide bonds. The lowest BCUT2D eigenvalue weighted by Crippen LogP contribution is -2.47. The van der Waals surface area contributed by atoms with Crippen molar-refractivity contribution in [2.75, 3.05) is 13.1 Å². The highest BCUT2D eigenvalue weighted by molar-refractivity contribution is 5.93. The van der Waals surface area contributed by atoms with Crippen LogP contribution in [0.4, 0.5) is 9.59 Å². The third-order valence-corrected chi connectivity index (χ3v) is 4.62. The number of rotatable bonds is 0. The van der Waals surface area contributed by atoms with Crippen molar-refractivity contribution < 1.29 is 14.3 Å². The second-order valence-electron chi connectivity index (χ2n) is 7.17. The van der Waals surface area contributed by atoms with Crippen LogP contribution >= 0.6 is 0 Å². The molecule has 0 bridgehead atoms. The average Bonchev–Trinajstić information content (AvgIpc) is 2.95. The van der Waals surface area contributed by atoms with E-state index in [9.17, 15) is 9.59 Å². The van der Waals surface area contributed by atoms with Gasteiger partial charge in [-0.3, -0.25) is 0 Å². The van der Waals surface area contributed by atoms with Crippen LogP contribution in [-0.4, -0.2) is 47.8 Å². The average molecular weight is 281 g/mol. The number of nitrogens with zero attached hydrogens (tertiary/aromatic N) is 1. The summed E-state index contributed by atoms with van der Waals surface area (Å²) < 4.78 is 5.11. The maximum absolute atomic E-state index is 12.1. The van der Waals surface area contributed by atoms with Gasteiger partial charge in [0.1, 0.15) is 5.60 Å². The van der Waals surface area contributed by atoms with E-state index in [1.54, 1.807) is 20.8 Å². The first kappa shape index (κ1) is 13.7. The molecule has 0 aromatic carbocycles. The van der Waals surface area contributed by atoms with Gasteiger partial charge in [-0.15, -0.1) is 0 Å². The van der Waals surface area contributed by atoms with Gasteiger partial charge in [-0.25, -0.2) is 14.9 Å². The van der Waals surface area contributed by atoms with Crippen molar-refractivity contribution in [2.45, 2.75) is 57.7 Å². The van der Waals surface area contributed by atoms with Crippen molar-refractivity contribution in [1.29, 1.82) is 0 Å². The molecule has 2 aliphatic heterocycles. The minimum absolute atomic E-state index is 0.301. The van der Waals surface area contributed by atoms with Crippen LogP contribution < -0.4 is 10.6 Å². The van der Waals surface area contributed by atoms with E-state index in [1.165, 1.54) is 0 Å². The Morgan fingerprint density at radius 1 is 1.30 bits per heavy atom. The van der Waals surface area contributed by atoms with E-state index in [4.69, 9.17) is 4.74 Å². The Bertz CT molecular complexity index is 437. The summed E-state index contributed by atoms with van der Waals surface area (Å²) >= 11 is 0. The van der Waals surface area contributed by atoms with Crippen LogP contribution in [0.2, 0.25) is 0 Å². The van der Waals surface area contributed by atoms with Gasteiger partial charge in [0.2, 0.25) is 0 Å². The number of piperidine rings is 1. The molecule has 112 valence electrons. The normalized spacial score (nSPS) is 30.2. The Hall–Kier alpha value is -1.30. The van der Waals surface area contributed by atoms with Crippen LogP contribution in [0.5, 0.6) is 0 Å². The van der Waals surface area contributed by atoms with E-state index in [-0.39, 0.29) is 6.03 Å². The van der Waals surface area contributed by atoms with Crippen LogP contribution in [-0.2, 0) is 4.74 Å². The standard InChI is InChI=1S/C14H23N3O3/c1-13(2,3)20-12(19)16-11(18)17-9-8-14(10(9)17)4-6-15-7-5-14/h9-10,15H,4-8H2,1-3H3,(H,16,18,19). The number of nitrogens with one attached hydrogen (secondary N) is 2. The fourth-order valence-electron chi connectivity index (χ4n) is 3.73. The molecule has 1 saturated carbocycles. The molecule has 2 heterocycles. The van der Waals surface area contributed by atoms with Crippen LogP contribution in [0.15, 0.2) is 0 Å². The van der Waals surface area contributed by atoms with Crippen molar-refractivity contribution >= 4 is 12.1 Å². The summed E-state index contributed by atoms with van der Waals surface area (Å²) in [6.07, 6.45) is 2.68. The zero-order valence-electron chi connectivity index (χ0n) is 12.4. The zero-order valence-corrected chi connectivity index (χ0v) is 12.4. The molecule has 6 nitrogen and oxygen atoms in total. The topological polar surface area (TPSA) is 70.4 Å². The van der Waals surface area contributed by atoms with Gasteiger partial charge in [-0.05, 0) is 58.5 Å². The molecule has 20 heavy (non-hydrogen) atoms. The number of fused-ring (bicyclic) bond motifs is 2. The highest BCUT2D eigenvalue weighted by atomic mass is 16.6. The van der Waals surface area contributed by atoms with Crippen molar-refractivity contribution in [2.24, 2.45) is 5.41 Å². The van der Waals surface area contributed by atoms with Crippen LogP contribution in [0.1, 0.15) is 40.0 Å². The summed E-state index contributed by atoms with van der Waals surface area (Å²) in [4.78, 5) is 25.5. The number of carbonyl (C=O) groups is 2. The van der Waals surface area contributed by atoms with Crippen molar-refractivity contribution in [3.8, 4) is 0 Å². The number of alkyl carbamates (subject to hydrolysis) is 1. The van der Waals surface area contributed by atoms with E-state index in [2.05, 4.69) is 10.6 Å². The molecule has 0 aromatic rings. The first-order chi connectivity index (χ1) is 9.32. The molecule has 2 N–H and O–H groups in total. The van der Waals surface area contributed by atoms with Gasteiger partial charge in [0.15, 0.2) is 0 Å². The summed E-state index contributed by atoms with van der Waals surface area (Å²) in [6.45, 7) is 7.40. The molecule has 3 fully saturated rings. The first-order valence-electron chi connectivity index (χ1n) is 7.35. The monoisotopic (exact) mass is 281 g/mol. The number of hydrogen-bond acceptors (Lipinski definition) is 4. The highest BCUT2D eigenvalue weighted by Crippen LogP contribution is 2.62. The molecule has 2 saturated heterocycles. The second-order valence-corrected chi connectivity index (χ2v) is 7.17. The fourth-order valence-corrected chi connectivity index (χ4v) is 3.73. The molecule has 2 atom stereocenters. The van der Waals surface area contributed by atoms with Gasteiger partial charge in [0.05, 0.1) is 12.1 Å². The molecular weight excluding hydrogens is 258 g/mol.